The Morgan fingerprint density at radius 1 is 1.06 bits per heavy atom. The van der Waals surface area contributed by atoms with Crippen LogP contribution in [0.15, 0.2) is 77.9 Å². The average Bonchev–Trinajstić information content (AvgIpc) is 3.34. The van der Waals surface area contributed by atoms with Gasteiger partial charge in [-0.05, 0) is 41.0 Å². The summed E-state index contributed by atoms with van der Waals surface area (Å²) in [7, 11) is 1.54. The molecule has 2 aliphatic rings. The van der Waals surface area contributed by atoms with E-state index in [1.54, 1.807) is 54.6 Å². The SMILES string of the molecule is COc1ccc2c(c1)C(=O)N(C[C@@]1(c3ccc(/C=N\Nc4ccccc4)cc3)NC(=O)NC1=O)C2. The molecule has 0 aliphatic carbocycles. The van der Waals surface area contributed by atoms with E-state index in [-0.39, 0.29) is 12.5 Å². The van der Waals surface area contributed by atoms with Crippen LogP contribution in [-0.2, 0) is 16.9 Å². The molecule has 3 aromatic rings. The summed E-state index contributed by atoms with van der Waals surface area (Å²) < 4.78 is 5.23. The van der Waals surface area contributed by atoms with Crippen LogP contribution in [0.5, 0.6) is 5.75 Å². The van der Waals surface area contributed by atoms with Gasteiger partial charge in [0.05, 0.1) is 25.6 Å². The molecular formula is C26H23N5O4. The van der Waals surface area contributed by atoms with E-state index in [1.807, 2.05) is 36.4 Å². The van der Waals surface area contributed by atoms with Crippen molar-refractivity contribution in [2.45, 2.75) is 12.1 Å². The summed E-state index contributed by atoms with van der Waals surface area (Å²) in [6.07, 6.45) is 1.66. The lowest BCUT2D eigenvalue weighted by Crippen LogP contribution is -2.52. The summed E-state index contributed by atoms with van der Waals surface area (Å²) in [6, 6.07) is 21.4. The Kier molecular flexibility index (Phi) is 5.66. The number of carbonyl (C=O) groups is 3. The molecule has 0 saturated carbocycles. The second-order valence-electron chi connectivity index (χ2n) is 8.36. The van der Waals surface area contributed by atoms with E-state index in [2.05, 4.69) is 21.2 Å². The number of anilines is 1. The Balaban J connectivity index is 1.37. The fraction of sp³-hybridized carbons (Fsp3) is 0.154. The van der Waals surface area contributed by atoms with E-state index < -0.39 is 17.5 Å². The highest BCUT2D eigenvalue weighted by Gasteiger charge is 2.50. The number of benzene rings is 3. The Morgan fingerprint density at radius 2 is 1.83 bits per heavy atom. The summed E-state index contributed by atoms with van der Waals surface area (Å²) in [5.41, 5.74) is 5.14. The van der Waals surface area contributed by atoms with Crippen LogP contribution in [-0.4, -0.2) is 42.6 Å². The molecule has 2 aliphatic heterocycles. The molecule has 1 atom stereocenters. The lowest BCUT2D eigenvalue weighted by atomic mass is 9.88. The second kappa shape index (κ2) is 8.94. The van der Waals surface area contributed by atoms with E-state index in [0.717, 1.165) is 16.8 Å². The Labute approximate surface area is 201 Å². The molecule has 0 bridgehead atoms. The number of amides is 4. The third-order valence-corrected chi connectivity index (χ3v) is 6.15. The number of hydrogen-bond donors (Lipinski definition) is 3. The van der Waals surface area contributed by atoms with Gasteiger partial charge < -0.3 is 15.0 Å². The van der Waals surface area contributed by atoms with Crippen molar-refractivity contribution in [3.8, 4) is 5.75 Å². The van der Waals surface area contributed by atoms with Gasteiger partial charge in [-0.2, -0.15) is 5.10 Å². The van der Waals surface area contributed by atoms with E-state index in [1.165, 1.54) is 0 Å². The molecule has 9 nitrogen and oxygen atoms in total. The summed E-state index contributed by atoms with van der Waals surface area (Å²) in [5, 5.41) is 9.29. The number of urea groups is 1. The van der Waals surface area contributed by atoms with Crippen molar-refractivity contribution < 1.29 is 19.1 Å². The third-order valence-electron chi connectivity index (χ3n) is 6.15. The predicted molar refractivity (Wildman–Crippen MR) is 130 cm³/mol. The highest BCUT2D eigenvalue weighted by molar-refractivity contribution is 6.08. The van der Waals surface area contributed by atoms with E-state index in [0.29, 0.717) is 23.4 Å². The van der Waals surface area contributed by atoms with Crippen LogP contribution >= 0.6 is 0 Å². The molecule has 1 fully saturated rings. The standard InChI is InChI=1S/C26H23N5O4/c1-35-21-12-9-18-15-31(23(32)22(18)13-21)16-26(24(33)28-25(34)29-26)19-10-7-17(8-11-19)14-27-30-20-5-3-2-4-6-20/h2-14,30H,15-16H2,1H3,(H2,28,29,33,34)/b27-14-/t26-/m0/s1. The first kappa shape index (κ1) is 22.1. The van der Waals surface area contributed by atoms with Gasteiger partial charge in [-0.15, -0.1) is 0 Å². The molecule has 9 heteroatoms. The first-order valence-electron chi connectivity index (χ1n) is 11.0. The molecule has 2 heterocycles. The summed E-state index contributed by atoms with van der Waals surface area (Å²) in [4.78, 5) is 39.8. The van der Waals surface area contributed by atoms with E-state index in [4.69, 9.17) is 4.74 Å². The molecule has 35 heavy (non-hydrogen) atoms. The summed E-state index contributed by atoms with van der Waals surface area (Å²) in [5.74, 6) is -0.140. The zero-order valence-electron chi connectivity index (χ0n) is 18.9. The van der Waals surface area contributed by atoms with Crippen molar-refractivity contribution >= 4 is 29.7 Å². The molecule has 0 unspecified atom stereocenters. The van der Waals surface area contributed by atoms with Gasteiger partial charge in [-0.1, -0.05) is 48.5 Å². The number of nitrogens with zero attached hydrogens (tertiary/aromatic N) is 2. The quantitative estimate of drug-likeness (QED) is 0.280. The lowest BCUT2D eigenvalue weighted by Gasteiger charge is -2.31. The Morgan fingerprint density at radius 3 is 2.51 bits per heavy atom. The molecule has 176 valence electrons. The zero-order valence-corrected chi connectivity index (χ0v) is 18.9. The van der Waals surface area contributed by atoms with Gasteiger partial charge >= 0.3 is 6.03 Å². The number of hydrogen-bond acceptors (Lipinski definition) is 6. The van der Waals surface area contributed by atoms with E-state index >= 15 is 0 Å². The van der Waals surface area contributed by atoms with Gasteiger partial charge in [0, 0.05) is 12.1 Å². The van der Waals surface area contributed by atoms with Crippen LogP contribution in [0.3, 0.4) is 0 Å². The zero-order chi connectivity index (χ0) is 24.4. The molecule has 3 aromatic carbocycles. The van der Waals surface area contributed by atoms with Crippen LogP contribution in [0.2, 0.25) is 0 Å². The van der Waals surface area contributed by atoms with Crippen LogP contribution in [0.4, 0.5) is 10.5 Å². The monoisotopic (exact) mass is 469 g/mol. The number of fused-ring (bicyclic) bond motifs is 1. The fourth-order valence-corrected chi connectivity index (χ4v) is 4.33. The summed E-state index contributed by atoms with van der Waals surface area (Å²) in [6.45, 7) is 0.322. The fourth-order valence-electron chi connectivity index (χ4n) is 4.33. The van der Waals surface area contributed by atoms with Crippen molar-refractivity contribution in [2.24, 2.45) is 5.10 Å². The lowest BCUT2D eigenvalue weighted by molar-refractivity contribution is -0.124. The van der Waals surface area contributed by atoms with Crippen molar-refractivity contribution in [2.75, 3.05) is 19.1 Å². The number of para-hydroxylation sites is 1. The maximum Gasteiger partial charge on any atom is 0.322 e. The van der Waals surface area contributed by atoms with Crippen LogP contribution in [0, 0.1) is 0 Å². The summed E-state index contributed by atoms with van der Waals surface area (Å²) >= 11 is 0. The van der Waals surface area contributed by atoms with Crippen molar-refractivity contribution in [1.29, 1.82) is 0 Å². The second-order valence-corrected chi connectivity index (χ2v) is 8.36. The average molecular weight is 470 g/mol. The van der Waals surface area contributed by atoms with Gasteiger partial charge in [0.15, 0.2) is 5.54 Å². The minimum atomic E-state index is -1.41. The van der Waals surface area contributed by atoms with Crippen LogP contribution in [0.25, 0.3) is 0 Å². The van der Waals surface area contributed by atoms with Crippen LogP contribution < -0.4 is 20.8 Å². The van der Waals surface area contributed by atoms with Gasteiger partial charge in [-0.3, -0.25) is 20.3 Å². The first-order valence-corrected chi connectivity index (χ1v) is 11.0. The van der Waals surface area contributed by atoms with Crippen molar-refractivity contribution in [1.82, 2.24) is 15.5 Å². The Hall–Kier alpha value is -4.66. The topological polar surface area (TPSA) is 112 Å². The minimum Gasteiger partial charge on any atom is -0.497 e. The Bertz CT molecular complexity index is 1320. The van der Waals surface area contributed by atoms with Crippen molar-refractivity contribution in [3.05, 3.63) is 95.1 Å². The maximum atomic E-state index is 13.1. The molecule has 0 spiro atoms. The number of rotatable bonds is 7. The first-order chi connectivity index (χ1) is 17.0. The number of carbonyl (C=O) groups excluding carboxylic acids is 3. The molecular weight excluding hydrogens is 446 g/mol. The number of methoxy groups -OCH3 is 1. The minimum absolute atomic E-state index is 0.0105. The number of ether oxygens (including phenoxy) is 1. The van der Waals surface area contributed by atoms with Gasteiger partial charge in [0.2, 0.25) is 0 Å². The highest BCUT2D eigenvalue weighted by atomic mass is 16.5. The highest BCUT2D eigenvalue weighted by Crippen LogP contribution is 2.32. The maximum absolute atomic E-state index is 13.1. The molecule has 4 amide bonds. The molecule has 0 radical (unpaired) electrons. The normalized spacial score (nSPS) is 19.0. The molecule has 5 rings (SSSR count). The molecule has 3 N–H and O–H groups in total. The number of imide groups is 1. The van der Waals surface area contributed by atoms with Gasteiger partial charge in [0.1, 0.15) is 5.75 Å². The predicted octanol–water partition coefficient (Wildman–Crippen LogP) is 2.83. The van der Waals surface area contributed by atoms with Crippen LogP contribution in [0.1, 0.15) is 27.0 Å². The van der Waals surface area contributed by atoms with Gasteiger partial charge in [0.25, 0.3) is 11.8 Å². The number of hydrazone groups is 1. The van der Waals surface area contributed by atoms with Gasteiger partial charge in [-0.25, -0.2) is 4.79 Å². The molecule has 0 aromatic heterocycles. The number of nitrogens with one attached hydrogen (secondary N) is 3. The molecule has 1 saturated heterocycles. The third kappa shape index (κ3) is 4.19. The van der Waals surface area contributed by atoms with Crippen molar-refractivity contribution in [3.63, 3.8) is 0 Å². The largest absolute Gasteiger partial charge is 0.497 e. The van der Waals surface area contributed by atoms with E-state index in [9.17, 15) is 14.4 Å². The smallest absolute Gasteiger partial charge is 0.322 e.